The van der Waals surface area contributed by atoms with Gasteiger partial charge >= 0.3 is 0 Å². The molecule has 0 bridgehead atoms. The molecule has 3 aromatic rings. The van der Waals surface area contributed by atoms with Crippen LogP contribution in [0.15, 0.2) is 36.5 Å². The number of ether oxygens (including phenoxy) is 1. The van der Waals surface area contributed by atoms with Crippen LogP contribution in [0, 0.1) is 25.2 Å². The molecule has 0 aliphatic carbocycles. The Morgan fingerprint density at radius 2 is 1.93 bits per heavy atom. The fraction of sp³-hybridized carbons (Fsp3) is 0.158. The minimum Gasteiger partial charge on any atom is -0.435 e. The van der Waals surface area contributed by atoms with Crippen LogP contribution < -0.4 is 10.5 Å². The molecule has 0 atom stereocenters. The van der Waals surface area contributed by atoms with Gasteiger partial charge in [-0.2, -0.15) is 5.26 Å². The molecule has 0 radical (unpaired) electrons. The van der Waals surface area contributed by atoms with Gasteiger partial charge in [-0.15, -0.1) is 0 Å². The van der Waals surface area contributed by atoms with Gasteiger partial charge < -0.3 is 10.5 Å². The first-order chi connectivity index (χ1) is 12.9. The molecule has 6 nitrogen and oxygen atoms in total. The van der Waals surface area contributed by atoms with Crippen molar-refractivity contribution in [1.82, 2.24) is 15.0 Å². The Bertz CT molecular complexity index is 1020. The molecule has 0 saturated carbocycles. The van der Waals surface area contributed by atoms with Crippen molar-refractivity contribution in [2.24, 2.45) is 0 Å². The van der Waals surface area contributed by atoms with Crippen LogP contribution in [-0.2, 0) is 0 Å². The lowest BCUT2D eigenvalue weighted by Crippen LogP contribution is -2.02. The first kappa shape index (κ1) is 18.2. The summed E-state index contributed by atoms with van der Waals surface area (Å²) in [5.74, 6) is 0.448. The van der Waals surface area contributed by atoms with E-state index in [2.05, 4.69) is 15.0 Å². The molecule has 0 saturated heterocycles. The highest BCUT2D eigenvalue weighted by Gasteiger charge is 2.17. The van der Waals surface area contributed by atoms with Gasteiger partial charge in [0.15, 0.2) is 5.75 Å². The zero-order chi connectivity index (χ0) is 19.6. The monoisotopic (exact) mass is 367 g/mol. The number of aromatic nitrogens is 3. The number of anilines is 1. The minimum absolute atomic E-state index is 0.126. The highest BCUT2D eigenvalue weighted by Crippen LogP contribution is 2.33. The third-order valence-electron chi connectivity index (χ3n) is 3.83. The van der Waals surface area contributed by atoms with Crippen molar-refractivity contribution in [1.29, 1.82) is 5.26 Å². The Kier molecular flexibility index (Phi) is 4.94. The lowest BCUT2D eigenvalue weighted by molar-refractivity contribution is 0.145. The van der Waals surface area contributed by atoms with E-state index in [1.165, 1.54) is 12.3 Å². The van der Waals surface area contributed by atoms with E-state index in [9.17, 15) is 8.78 Å². The van der Waals surface area contributed by atoms with Gasteiger partial charge in [0.25, 0.3) is 6.43 Å². The first-order valence-electron chi connectivity index (χ1n) is 7.96. The quantitative estimate of drug-likeness (QED) is 0.737. The molecule has 0 amide bonds. The lowest BCUT2D eigenvalue weighted by atomic mass is 10.1. The van der Waals surface area contributed by atoms with E-state index in [0.717, 1.165) is 0 Å². The number of halogens is 2. The van der Waals surface area contributed by atoms with E-state index >= 15 is 0 Å². The van der Waals surface area contributed by atoms with Gasteiger partial charge in [0.2, 0.25) is 5.88 Å². The summed E-state index contributed by atoms with van der Waals surface area (Å²) in [7, 11) is 0. The minimum atomic E-state index is -2.66. The second-order valence-corrected chi connectivity index (χ2v) is 5.81. The summed E-state index contributed by atoms with van der Waals surface area (Å²) in [6.07, 6.45) is -1.16. The molecule has 136 valence electrons. The Balaban J connectivity index is 2.00. The highest BCUT2D eigenvalue weighted by molar-refractivity contribution is 5.64. The van der Waals surface area contributed by atoms with Crippen LogP contribution in [0.5, 0.6) is 11.6 Å². The van der Waals surface area contributed by atoms with E-state index in [1.54, 1.807) is 38.1 Å². The lowest BCUT2D eigenvalue weighted by Gasteiger charge is -2.14. The standard InChI is InChI=1S/C19H15F2N5O/c1-10-7-16(18(20)21)25-11(2)17(10)27-19-14(23)3-4-15(26-19)12-5-6-24-13(8-12)9-22/h3-8,18H,23H2,1-2H3. The second-order valence-electron chi connectivity index (χ2n) is 5.81. The van der Waals surface area contributed by atoms with Crippen LogP contribution in [-0.4, -0.2) is 15.0 Å². The van der Waals surface area contributed by atoms with Crippen LogP contribution in [0.2, 0.25) is 0 Å². The van der Waals surface area contributed by atoms with Gasteiger partial charge in [-0.1, -0.05) is 0 Å². The normalized spacial score (nSPS) is 10.7. The summed E-state index contributed by atoms with van der Waals surface area (Å²) in [6.45, 7) is 3.23. The van der Waals surface area contributed by atoms with Crippen molar-refractivity contribution in [3.63, 3.8) is 0 Å². The average molecular weight is 367 g/mol. The molecule has 27 heavy (non-hydrogen) atoms. The van der Waals surface area contributed by atoms with Crippen LogP contribution >= 0.6 is 0 Å². The van der Waals surface area contributed by atoms with Crippen molar-refractivity contribution in [2.75, 3.05) is 5.73 Å². The Morgan fingerprint density at radius 1 is 1.15 bits per heavy atom. The first-order valence-corrected chi connectivity index (χ1v) is 7.96. The Morgan fingerprint density at radius 3 is 2.59 bits per heavy atom. The molecule has 0 spiro atoms. The summed E-state index contributed by atoms with van der Waals surface area (Å²) >= 11 is 0. The molecule has 2 N–H and O–H groups in total. The number of nitriles is 1. The second kappa shape index (κ2) is 7.33. The van der Waals surface area contributed by atoms with Crippen LogP contribution in [0.1, 0.15) is 29.1 Å². The molecule has 3 aromatic heterocycles. The molecular weight excluding hydrogens is 352 g/mol. The summed E-state index contributed by atoms with van der Waals surface area (Å²) in [6, 6.07) is 9.85. The van der Waals surface area contributed by atoms with Crippen LogP contribution in [0.3, 0.4) is 0 Å². The molecule has 0 aliphatic rings. The van der Waals surface area contributed by atoms with E-state index < -0.39 is 6.43 Å². The average Bonchev–Trinajstić information content (AvgIpc) is 2.65. The maximum atomic E-state index is 12.9. The molecule has 3 heterocycles. The van der Waals surface area contributed by atoms with Crippen LogP contribution in [0.25, 0.3) is 11.3 Å². The van der Waals surface area contributed by atoms with Crippen molar-refractivity contribution in [3.8, 4) is 29.0 Å². The largest absolute Gasteiger partial charge is 0.435 e. The third kappa shape index (κ3) is 3.82. The molecule has 0 unspecified atom stereocenters. The fourth-order valence-electron chi connectivity index (χ4n) is 2.56. The molecule has 3 rings (SSSR count). The van der Waals surface area contributed by atoms with Gasteiger partial charge in [0, 0.05) is 11.8 Å². The number of nitrogen functional groups attached to an aromatic ring is 1. The number of pyridine rings is 3. The molecule has 8 heteroatoms. The van der Waals surface area contributed by atoms with Crippen LogP contribution in [0.4, 0.5) is 14.5 Å². The number of rotatable bonds is 4. The number of nitrogens with zero attached hydrogens (tertiary/aromatic N) is 4. The van der Waals surface area contributed by atoms with E-state index in [1.807, 2.05) is 6.07 Å². The molecular formula is C19H15F2N5O. The molecule has 0 aromatic carbocycles. The highest BCUT2D eigenvalue weighted by atomic mass is 19.3. The Labute approximate surface area is 154 Å². The predicted molar refractivity (Wildman–Crippen MR) is 95.3 cm³/mol. The topological polar surface area (TPSA) is 97.7 Å². The number of nitrogens with two attached hydrogens (primary N) is 1. The van der Waals surface area contributed by atoms with E-state index in [0.29, 0.717) is 28.3 Å². The third-order valence-corrected chi connectivity index (χ3v) is 3.83. The van der Waals surface area contributed by atoms with E-state index in [-0.39, 0.29) is 23.0 Å². The summed E-state index contributed by atoms with van der Waals surface area (Å²) in [4.78, 5) is 12.2. The molecule has 0 fully saturated rings. The fourth-order valence-corrected chi connectivity index (χ4v) is 2.56. The van der Waals surface area contributed by atoms with Crippen molar-refractivity contribution < 1.29 is 13.5 Å². The van der Waals surface area contributed by atoms with Gasteiger partial charge in [0.1, 0.15) is 17.5 Å². The Hall–Kier alpha value is -3.60. The van der Waals surface area contributed by atoms with Gasteiger partial charge in [0.05, 0.1) is 17.1 Å². The van der Waals surface area contributed by atoms with Crippen molar-refractivity contribution in [3.05, 3.63) is 59.2 Å². The van der Waals surface area contributed by atoms with E-state index in [4.69, 9.17) is 15.7 Å². The van der Waals surface area contributed by atoms with Crippen molar-refractivity contribution in [2.45, 2.75) is 20.3 Å². The van der Waals surface area contributed by atoms with Gasteiger partial charge in [-0.25, -0.2) is 23.7 Å². The SMILES string of the molecule is Cc1cc(C(F)F)nc(C)c1Oc1nc(-c2ccnc(C#N)c2)ccc1N. The summed E-state index contributed by atoms with van der Waals surface area (Å²) in [5.41, 5.74) is 8.20. The van der Waals surface area contributed by atoms with Gasteiger partial charge in [-0.05, 0) is 49.7 Å². The zero-order valence-electron chi connectivity index (χ0n) is 14.6. The maximum Gasteiger partial charge on any atom is 0.280 e. The number of hydrogen-bond acceptors (Lipinski definition) is 6. The van der Waals surface area contributed by atoms with Gasteiger partial charge in [-0.3, -0.25) is 0 Å². The zero-order valence-corrected chi connectivity index (χ0v) is 14.6. The number of alkyl halides is 2. The maximum absolute atomic E-state index is 12.9. The smallest absolute Gasteiger partial charge is 0.280 e. The predicted octanol–water partition coefficient (Wildman–Crippen LogP) is 4.34. The molecule has 0 aliphatic heterocycles. The summed E-state index contributed by atoms with van der Waals surface area (Å²) < 4.78 is 31.6. The summed E-state index contributed by atoms with van der Waals surface area (Å²) in [5, 5.41) is 8.99. The number of aryl methyl sites for hydroxylation is 2. The van der Waals surface area contributed by atoms with Crippen molar-refractivity contribution >= 4 is 5.69 Å². The number of hydrogen-bond donors (Lipinski definition) is 1.